The molecule has 1 saturated carbocycles. The lowest BCUT2D eigenvalue weighted by atomic mass is 9.69. The van der Waals surface area contributed by atoms with Gasteiger partial charge in [-0.3, -0.25) is 9.78 Å². The van der Waals surface area contributed by atoms with Crippen LogP contribution in [0, 0.1) is 11.3 Å². The molecule has 3 aromatic rings. The third-order valence-corrected chi connectivity index (χ3v) is 7.09. The summed E-state index contributed by atoms with van der Waals surface area (Å²) in [6.45, 7) is 1.49. The Hall–Kier alpha value is -3.96. The molecule has 12 heteroatoms. The highest BCUT2D eigenvalue weighted by atomic mass is 19.4. The van der Waals surface area contributed by atoms with Crippen molar-refractivity contribution in [3.63, 3.8) is 0 Å². The molecule has 0 aromatic carbocycles. The molecule has 38 heavy (non-hydrogen) atoms. The monoisotopic (exact) mass is 528 g/mol. The molecule has 1 aliphatic carbocycles. The fourth-order valence-corrected chi connectivity index (χ4v) is 5.41. The highest BCUT2D eigenvalue weighted by molar-refractivity contribution is 5.72. The summed E-state index contributed by atoms with van der Waals surface area (Å²) in [5.41, 5.74) is 0.686. The first-order chi connectivity index (χ1) is 18.2. The standard InChI is InChI=1S/C26H27F3N6O3/c1-37-24(36)17-4-2-7-25(14-17)8-11-35(16-25)22-13-21(33-23(34-22)18-5-3-9-30-15-18)32-20-12-19(6-10-31-20)38-26(27,28)29/h3,5-6,9-10,12-13,15,17H,2,4,7-8,11,14,16H2,1H3,(H,31,32,33,34). The van der Waals surface area contributed by atoms with Crippen LogP contribution in [0.5, 0.6) is 5.75 Å². The summed E-state index contributed by atoms with van der Waals surface area (Å²) in [5, 5.41) is 2.99. The molecule has 2 atom stereocenters. The Morgan fingerprint density at radius 2 is 2.03 bits per heavy atom. The van der Waals surface area contributed by atoms with E-state index in [1.54, 1.807) is 24.5 Å². The van der Waals surface area contributed by atoms with Gasteiger partial charge in [0.05, 0.1) is 13.0 Å². The average molecular weight is 529 g/mol. The fourth-order valence-electron chi connectivity index (χ4n) is 5.41. The van der Waals surface area contributed by atoms with Crippen molar-refractivity contribution < 1.29 is 27.4 Å². The zero-order valence-electron chi connectivity index (χ0n) is 20.7. The Morgan fingerprint density at radius 1 is 1.16 bits per heavy atom. The van der Waals surface area contributed by atoms with Crippen LogP contribution >= 0.6 is 0 Å². The van der Waals surface area contributed by atoms with E-state index < -0.39 is 12.1 Å². The van der Waals surface area contributed by atoms with E-state index in [0.717, 1.165) is 57.3 Å². The zero-order chi connectivity index (χ0) is 26.8. The summed E-state index contributed by atoms with van der Waals surface area (Å²) >= 11 is 0. The number of hydrogen-bond donors (Lipinski definition) is 1. The number of nitrogens with zero attached hydrogens (tertiary/aromatic N) is 5. The van der Waals surface area contributed by atoms with E-state index in [4.69, 9.17) is 9.72 Å². The van der Waals surface area contributed by atoms with Crippen LogP contribution in [0.1, 0.15) is 32.1 Å². The van der Waals surface area contributed by atoms with Crippen molar-refractivity contribution in [2.24, 2.45) is 11.3 Å². The van der Waals surface area contributed by atoms with Crippen LogP contribution in [0.25, 0.3) is 11.4 Å². The Labute approximate surface area is 217 Å². The van der Waals surface area contributed by atoms with Crippen molar-refractivity contribution in [2.45, 2.75) is 38.5 Å². The number of aromatic nitrogens is 4. The van der Waals surface area contributed by atoms with Gasteiger partial charge in [-0.1, -0.05) is 6.42 Å². The van der Waals surface area contributed by atoms with E-state index in [1.165, 1.54) is 13.3 Å². The Kier molecular flexibility index (Phi) is 7.04. The molecule has 3 aromatic heterocycles. The van der Waals surface area contributed by atoms with E-state index in [0.29, 0.717) is 23.0 Å². The Bertz CT molecular complexity index is 1290. The number of nitrogens with one attached hydrogen (secondary N) is 1. The molecule has 0 radical (unpaired) electrons. The number of alkyl halides is 3. The predicted octanol–water partition coefficient (Wildman–Crippen LogP) is 5.14. The third kappa shape index (κ3) is 5.95. The van der Waals surface area contributed by atoms with E-state index in [-0.39, 0.29) is 23.1 Å². The topological polar surface area (TPSA) is 102 Å². The smallest absolute Gasteiger partial charge is 0.469 e. The van der Waals surface area contributed by atoms with Gasteiger partial charge in [0.2, 0.25) is 0 Å². The van der Waals surface area contributed by atoms with Crippen LogP contribution in [0.4, 0.5) is 30.6 Å². The number of methoxy groups -OCH3 is 1. The second-order valence-electron chi connectivity index (χ2n) is 9.71. The second-order valence-corrected chi connectivity index (χ2v) is 9.71. The summed E-state index contributed by atoms with van der Waals surface area (Å²) in [4.78, 5) is 32.0. The highest BCUT2D eigenvalue weighted by Crippen LogP contribution is 2.47. The van der Waals surface area contributed by atoms with Crippen LogP contribution in [0.2, 0.25) is 0 Å². The average Bonchev–Trinajstić information content (AvgIpc) is 3.30. The lowest BCUT2D eigenvalue weighted by Crippen LogP contribution is -2.35. The van der Waals surface area contributed by atoms with Crippen LogP contribution in [0.15, 0.2) is 48.9 Å². The summed E-state index contributed by atoms with van der Waals surface area (Å²) in [6, 6.07) is 7.63. The first-order valence-electron chi connectivity index (χ1n) is 12.3. The first-order valence-corrected chi connectivity index (χ1v) is 12.3. The minimum absolute atomic E-state index is 0.00502. The molecule has 1 spiro atoms. The summed E-state index contributed by atoms with van der Waals surface area (Å²) in [7, 11) is 1.43. The lowest BCUT2D eigenvalue weighted by Gasteiger charge is -2.37. The summed E-state index contributed by atoms with van der Waals surface area (Å²) < 4.78 is 47.1. The molecule has 9 nitrogen and oxygen atoms in total. The molecule has 1 aliphatic heterocycles. The largest absolute Gasteiger partial charge is 0.573 e. The molecule has 2 aliphatic rings. The predicted molar refractivity (Wildman–Crippen MR) is 133 cm³/mol. The molecule has 200 valence electrons. The molecule has 5 rings (SSSR count). The maximum atomic E-state index is 12.7. The minimum Gasteiger partial charge on any atom is -0.469 e. The van der Waals surface area contributed by atoms with E-state index in [9.17, 15) is 18.0 Å². The molecular formula is C26H27F3N6O3. The molecule has 0 bridgehead atoms. The van der Waals surface area contributed by atoms with Crippen LogP contribution in [-0.4, -0.2) is 52.5 Å². The number of ether oxygens (including phenoxy) is 2. The fraction of sp³-hybridized carbons (Fsp3) is 0.423. The van der Waals surface area contributed by atoms with Gasteiger partial charge >= 0.3 is 12.3 Å². The number of carbonyl (C=O) groups is 1. The van der Waals surface area contributed by atoms with Gasteiger partial charge in [0.15, 0.2) is 5.82 Å². The van der Waals surface area contributed by atoms with Gasteiger partial charge in [-0.25, -0.2) is 15.0 Å². The normalized spacial score (nSPS) is 21.4. The SMILES string of the molecule is COC(=O)C1CCCC2(CCN(c3cc(Nc4cc(OC(F)(F)F)ccn4)nc(-c4cccnc4)n3)C2)C1. The van der Waals surface area contributed by atoms with Crippen LogP contribution < -0.4 is 15.0 Å². The maximum absolute atomic E-state index is 12.7. The second kappa shape index (κ2) is 10.4. The maximum Gasteiger partial charge on any atom is 0.573 e. The van der Waals surface area contributed by atoms with Gasteiger partial charge in [-0.15, -0.1) is 13.2 Å². The van der Waals surface area contributed by atoms with Gasteiger partial charge in [0.25, 0.3) is 0 Å². The van der Waals surface area contributed by atoms with Gasteiger partial charge in [0, 0.05) is 49.4 Å². The Morgan fingerprint density at radius 3 is 2.79 bits per heavy atom. The molecule has 4 heterocycles. The number of halogens is 3. The molecule has 1 saturated heterocycles. The number of anilines is 3. The van der Waals surface area contributed by atoms with E-state index in [2.05, 4.69) is 29.9 Å². The number of rotatable bonds is 6. The van der Waals surface area contributed by atoms with Gasteiger partial charge in [-0.05, 0) is 49.3 Å². The quantitative estimate of drug-likeness (QED) is 0.436. The first kappa shape index (κ1) is 25.7. The number of hydrogen-bond acceptors (Lipinski definition) is 9. The van der Waals surface area contributed by atoms with Crippen molar-refractivity contribution >= 4 is 23.4 Å². The molecular weight excluding hydrogens is 501 g/mol. The summed E-state index contributed by atoms with van der Waals surface area (Å²) in [5.74, 6) is 0.940. The van der Waals surface area contributed by atoms with E-state index in [1.807, 2.05) is 6.07 Å². The molecule has 2 fully saturated rings. The Balaban J connectivity index is 1.43. The van der Waals surface area contributed by atoms with Crippen molar-refractivity contribution in [1.82, 2.24) is 19.9 Å². The van der Waals surface area contributed by atoms with Crippen LogP contribution in [-0.2, 0) is 9.53 Å². The third-order valence-electron chi connectivity index (χ3n) is 7.09. The molecule has 1 N–H and O–H groups in total. The zero-order valence-corrected chi connectivity index (χ0v) is 20.7. The number of esters is 1. The van der Waals surface area contributed by atoms with Gasteiger partial charge in [0.1, 0.15) is 23.2 Å². The highest BCUT2D eigenvalue weighted by Gasteiger charge is 2.44. The molecule has 0 amide bonds. The van der Waals surface area contributed by atoms with Crippen molar-refractivity contribution in [3.8, 4) is 17.1 Å². The lowest BCUT2D eigenvalue weighted by molar-refractivity contribution is -0.274. The van der Waals surface area contributed by atoms with Crippen molar-refractivity contribution in [1.29, 1.82) is 0 Å². The molecule has 2 unspecified atom stereocenters. The minimum atomic E-state index is -4.81. The van der Waals surface area contributed by atoms with E-state index >= 15 is 0 Å². The van der Waals surface area contributed by atoms with Crippen LogP contribution in [0.3, 0.4) is 0 Å². The van der Waals surface area contributed by atoms with Crippen molar-refractivity contribution in [2.75, 3.05) is 30.4 Å². The van der Waals surface area contributed by atoms with Gasteiger partial charge < -0.3 is 19.7 Å². The number of pyridine rings is 2. The van der Waals surface area contributed by atoms with Gasteiger partial charge in [-0.2, -0.15) is 0 Å². The number of carbonyl (C=O) groups excluding carboxylic acids is 1. The van der Waals surface area contributed by atoms with Crippen molar-refractivity contribution in [3.05, 3.63) is 48.9 Å². The summed E-state index contributed by atoms with van der Waals surface area (Å²) in [6.07, 6.45) is 4.23.